The van der Waals surface area contributed by atoms with Gasteiger partial charge in [-0.15, -0.1) is 0 Å². The molecule has 0 aliphatic rings. The van der Waals surface area contributed by atoms with Crippen LogP contribution in [0.15, 0.2) is 18.2 Å². The normalized spacial score (nSPS) is 12.6. The first kappa shape index (κ1) is 17.0. The highest BCUT2D eigenvalue weighted by Crippen LogP contribution is 2.21. The van der Waals surface area contributed by atoms with Gasteiger partial charge in [0.25, 0.3) is 0 Å². The van der Waals surface area contributed by atoms with Gasteiger partial charge in [0.2, 0.25) is 0 Å². The van der Waals surface area contributed by atoms with Crippen molar-refractivity contribution in [3.8, 4) is 0 Å². The molecule has 0 aromatic heterocycles. The van der Waals surface area contributed by atoms with Crippen LogP contribution in [-0.4, -0.2) is 22.8 Å². The zero-order chi connectivity index (χ0) is 16.2. The van der Waals surface area contributed by atoms with Crippen molar-refractivity contribution in [1.82, 2.24) is 5.32 Å². The van der Waals surface area contributed by atoms with E-state index in [1.807, 2.05) is 32.0 Å². The van der Waals surface area contributed by atoms with Crippen LogP contribution in [0.3, 0.4) is 0 Å². The van der Waals surface area contributed by atoms with Gasteiger partial charge in [-0.2, -0.15) is 0 Å². The number of carbonyl (C=O) groups excluding carboxylic acids is 1. The smallest absolute Gasteiger partial charge is 0.408 e. The Morgan fingerprint density at radius 3 is 2.14 bits per heavy atom. The highest BCUT2D eigenvalue weighted by Gasteiger charge is 2.22. The van der Waals surface area contributed by atoms with Crippen molar-refractivity contribution in [3.63, 3.8) is 0 Å². The molecule has 0 aliphatic carbocycles. The molecule has 0 unspecified atom stereocenters. The quantitative estimate of drug-likeness (QED) is 0.892. The lowest BCUT2D eigenvalue weighted by Crippen LogP contribution is -2.35. The van der Waals surface area contributed by atoms with E-state index in [0.29, 0.717) is 0 Å². The molecule has 0 saturated carbocycles. The van der Waals surface area contributed by atoms with Crippen LogP contribution in [0.25, 0.3) is 0 Å². The molecular weight excluding hydrogens is 270 g/mol. The number of amides is 1. The van der Waals surface area contributed by atoms with Crippen molar-refractivity contribution >= 4 is 12.1 Å². The lowest BCUT2D eigenvalue weighted by Gasteiger charge is -2.23. The number of hydrogen-bond acceptors (Lipinski definition) is 3. The zero-order valence-corrected chi connectivity index (χ0v) is 13.2. The van der Waals surface area contributed by atoms with Gasteiger partial charge in [0.15, 0.2) is 0 Å². The number of hydrogen-bond donors (Lipinski definition) is 2. The number of aliphatic carboxylic acids is 1. The summed E-state index contributed by atoms with van der Waals surface area (Å²) in [7, 11) is 0. The number of alkyl carbamates (subject to hydrolysis) is 1. The minimum absolute atomic E-state index is 0.192. The summed E-state index contributed by atoms with van der Waals surface area (Å²) in [5, 5.41) is 11.7. The molecule has 0 bridgehead atoms. The maximum Gasteiger partial charge on any atom is 0.408 e. The minimum Gasteiger partial charge on any atom is -0.481 e. The van der Waals surface area contributed by atoms with Crippen LogP contribution in [-0.2, 0) is 9.53 Å². The zero-order valence-electron chi connectivity index (χ0n) is 13.2. The average molecular weight is 293 g/mol. The van der Waals surface area contributed by atoms with Gasteiger partial charge in [0.1, 0.15) is 5.60 Å². The van der Waals surface area contributed by atoms with Crippen molar-refractivity contribution < 1.29 is 19.4 Å². The summed E-state index contributed by atoms with van der Waals surface area (Å²) in [5.41, 5.74) is 2.18. The van der Waals surface area contributed by atoms with Crippen molar-refractivity contribution in [2.24, 2.45) is 0 Å². The number of benzene rings is 1. The van der Waals surface area contributed by atoms with Gasteiger partial charge in [-0.1, -0.05) is 29.3 Å². The molecule has 0 radical (unpaired) electrons. The van der Waals surface area contributed by atoms with E-state index < -0.39 is 23.7 Å². The second-order valence-corrected chi connectivity index (χ2v) is 6.22. The van der Waals surface area contributed by atoms with Crippen LogP contribution in [0.4, 0.5) is 4.79 Å². The van der Waals surface area contributed by atoms with Crippen molar-refractivity contribution in [1.29, 1.82) is 0 Å². The van der Waals surface area contributed by atoms with Gasteiger partial charge >= 0.3 is 12.1 Å². The Kier molecular flexibility index (Phi) is 5.35. The Balaban J connectivity index is 2.95. The Hall–Kier alpha value is -2.04. The first-order valence-corrected chi connectivity index (χ1v) is 6.86. The number of carbonyl (C=O) groups is 2. The summed E-state index contributed by atoms with van der Waals surface area (Å²) in [6.07, 6.45) is -0.810. The Morgan fingerprint density at radius 2 is 1.71 bits per heavy atom. The van der Waals surface area contributed by atoms with Crippen LogP contribution in [0.2, 0.25) is 0 Å². The maximum atomic E-state index is 11.9. The van der Waals surface area contributed by atoms with E-state index in [1.54, 1.807) is 20.8 Å². The lowest BCUT2D eigenvalue weighted by atomic mass is 9.99. The maximum absolute atomic E-state index is 11.9. The molecule has 2 N–H and O–H groups in total. The molecule has 21 heavy (non-hydrogen) atoms. The molecule has 1 aromatic carbocycles. The van der Waals surface area contributed by atoms with Crippen LogP contribution in [0.5, 0.6) is 0 Å². The summed E-state index contributed by atoms with van der Waals surface area (Å²) in [5.74, 6) is -0.977. The number of carboxylic acid groups (broad SMARTS) is 1. The Bertz CT molecular complexity index is 511. The number of rotatable bonds is 4. The molecule has 1 aromatic rings. The Morgan fingerprint density at radius 1 is 1.19 bits per heavy atom. The molecule has 1 rings (SSSR count). The van der Waals surface area contributed by atoms with Crippen molar-refractivity contribution in [3.05, 3.63) is 34.9 Å². The monoisotopic (exact) mass is 293 g/mol. The number of nitrogens with one attached hydrogen (secondary N) is 1. The standard InChI is InChI=1S/C16H23NO4/c1-10-6-11(2)8-12(7-10)13(9-14(18)19)17-15(20)21-16(3,4)5/h6-8,13H,9H2,1-5H3,(H,17,20)(H,18,19)/t13-/m0/s1. The average Bonchev–Trinajstić information content (AvgIpc) is 2.23. The molecule has 0 saturated heterocycles. The van der Waals surface area contributed by atoms with Crippen LogP contribution >= 0.6 is 0 Å². The molecule has 116 valence electrons. The molecule has 5 nitrogen and oxygen atoms in total. The van der Waals surface area contributed by atoms with E-state index in [-0.39, 0.29) is 6.42 Å². The number of carboxylic acids is 1. The van der Waals surface area contributed by atoms with Crippen molar-refractivity contribution in [2.45, 2.75) is 52.7 Å². The predicted molar refractivity (Wildman–Crippen MR) is 80.3 cm³/mol. The summed E-state index contributed by atoms with van der Waals surface area (Å²) in [6.45, 7) is 9.14. The highest BCUT2D eigenvalue weighted by molar-refractivity contribution is 5.72. The third kappa shape index (κ3) is 6.29. The second kappa shape index (κ2) is 6.61. The van der Waals surface area contributed by atoms with E-state index >= 15 is 0 Å². The van der Waals surface area contributed by atoms with Gasteiger partial charge in [0.05, 0.1) is 12.5 Å². The largest absolute Gasteiger partial charge is 0.481 e. The summed E-state index contributed by atoms with van der Waals surface area (Å²) < 4.78 is 5.19. The summed E-state index contributed by atoms with van der Waals surface area (Å²) >= 11 is 0. The molecule has 5 heteroatoms. The molecule has 0 fully saturated rings. The van der Waals surface area contributed by atoms with E-state index in [2.05, 4.69) is 5.32 Å². The van der Waals surface area contributed by atoms with E-state index in [1.165, 1.54) is 0 Å². The minimum atomic E-state index is -0.977. The van der Waals surface area contributed by atoms with E-state index in [9.17, 15) is 9.59 Å². The van der Waals surface area contributed by atoms with Crippen LogP contribution in [0, 0.1) is 13.8 Å². The Labute approximate surface area is 125 Å². The SMILES string of the molecule is Cc1cc(C)cc([C@H](CC(=O)O)NC(=O)OC(C)(C)C)c1. The van der Waals surface area contributed by atoms with Crippen molar-refractivity contribution in [2.75, 3.05) is 0 Å². The van der Waals surface area contributed by atoms with Gasteiger partial charge in [0, 0.05) is 0 Å². The first-order valence-electron chi connectivity index (χ1n) is 6.86. The molecule has 1 amide bonds. The topological polar surface area (TPSA) is 75.6 Å². The fraction of sp³-hybridized carbons (Fsp3) is 0.500. The molecular formula is C16H23NO4. The fourth-order valence-electron chi connectivity index (χ4n) is 2.09. The number of ether oxygens (including phenoxy) is 1. The lowest BCUT2D eigenvalue weighted by molar-refractivity contribution is -0.137. The van der Waals surface area contributed by atoms with Crippen LogP contribution < -0.4 is 5.32 Å². The fourth-order valence-corrected chi connectivity index (χ4v) is 2.09. The molecule has 0 aliphatic heterocycles. The van der Waals surface area contributed by atoms with Crippen LogP contribution in [0.1, 0.15) is 49.9 Å². The first-order chi connectivity index (χ1) is 9.56. The molecule has 0 spiro atoms. The summed E-state index contributed by atoms with van der Waals surface area (Å²) in [4.78, 5) is 22.9. The molecule has 0 heterocycles. The third-order valence-corrected chi connectivity index (χ3v) is 2.72. The predicted octanol–water partition coefficient (Wildman–Crippen LogP) is 3.34. The van der Waals surface area contributed by atoms with E-state index in [4.69, 9.17) is 9.84 Å². The van der Waals surface area contributed by atoms with Gasteiger partial charge < -0.3 is 15.2 Å². The van der Waals surface area contributed by atoms with Gasteiger partial charge in [-0.05, 0) is 40.2 Å². The van der Waals surface area contributed by atoms with E-state index in [0.717, 1.165) is 16.7 Å². The highest BCUT2D eigenvalue weighted by atomic mass is 16.6. The summed E-state index contributed by atoms with van der Waals surface area (Å²) in [6, 6.07) is 5.13. The number of aryl methyl sites for hydroxylation is 2. The molecule has 1 atom stereocenters. The van der Waals surface area contributed by atoms with Gasteiger partial charge in [-0.3, -0.25) is 4.79 Å². The second-order valence-electron chi connectivity index (χ2n) is 6.22. The third-order valence-electron chi connectivity index (χ3n) is 2.72. The van der Waals surface area contributed by atoms with Gasteiger partial charge in [-0.25, -0.2) is 4.79 Å².